The molecule has 0 amide bonds. The van der Waals surface area contributed by atoms with Gasteiger partial charge in [-0.1, -0.05) is 40.2 Å². The van der Waals surface area contributed by atoms with Gasteiger partial charge in [-0.05, 0) is 35.4 Å². The molecule has 0 N–H and O–H groups in total. The molecule has 0 radical (unpaired) electrons. The second kappa shape index (κ2) is 8.10. The van der Waals surface area contributed by atoms with E-state index in [-0.39, 0.29) is 12.5 Å². The summed E-state index contributed by atoms with van der Waals surface area (Å²) in [5, 5.41) is 5.36. The topological polar surface area (TPSA) is 24.8 Å². The van der Waals surface area contributed by atoms with Gasteiger partial charge in [0, 0.05) is 17.0 Å². The first-order chi connectivity index (χ1) is 14.4. The Labute approximate surface area is 178 Å². The average molecular weight is 479 g/mol. The van der Waals surface area contributed by atoms with Crippen LogP contribution in [-0.4, -0.2) is 12.8 Å². The predicted molar refractivity (Wildman–Crippen MR) is 110 cm³/mol. The van der Waals surface area contributed by atoms with E-state index in [0.29, 0.717) is 17.0 Å². The van der Waals surface area contributed by atoms with Crippen molar-refractivity contribution >= 4 is 27.3 Å². The van der Waals surface area contributed by atoms with Crippen molar-refractivity contribution in [3.63, 3.8) is 0 Å². The second-order valence-electron chi connectivity index (χ2n) is 6.71. The number of hydrogen-bond donors (Lipinski definition) is 0. The summed E-state index contributed by atoms with van der Waals surface area (Å²) in [5.41, 5.74) is 1.07. The third kappa shape index (κ3) is 3.67. The molecule has 1 aliphatic rings. The number of anilines is 1. The summed E-state index contributed by atoms with van der Waals surface area (Å²) < 4.78 is 62.9. The summed E-state index contributed by atoms with van der Waals surface area (Å²) in [4.78, 5) is 0. The van der Waals surface area contributed by atoms with E-state index < -0.39 is 35.0 Å². The molecule has 8 heteroatoms. The molecule has 0 unspecified atom stereocenters. The number of rotatable bonds is 4. The number of ether oxygens (including phenoxy) is 1. The van der Waals surface area contributed by atoms with Gasteiger partial charge in [0.15, 0.2) is 23.3 Å². The highest BCUT2D eigenvalue weighted by Crippen LogP contribution is 2.40. The average Bonchev–Trinajstić information content (AvgIpc) is 3.18. The van der Waals surface area contributed by atoms with Gasteiger partial charge in [0.25, 0.3) is 0 Å². The van der Waals surface area contributed by atoms with E-state index in [0.717, 1.165) is 15.0 Å². The van der Waals surface area contributed by atoms with Gasteiger partial charge < -0.3 is 4.74 Å². The van der Waals surface area contributed by atoms with Gasteiger partial charge in [-0.25, -0.2) is 17.6 Å². The Morgan fingerprint density at radius 1 is 0.933 bits per heavy atom. The molecular weight excluding hydrogens is 464 g/mol. The second-order valence-corrected chi connectivity index (χ2v) is 7.62. The number of methoxy groups -OCH3 is 1. The van der Waals surface area contributed by atoms with Gasteiger partial charge in [0.2, 0.25) is 0 Å². The minimum absolute atomic E-state index is 0.186. The number of benzene rings is 3. The first kappa shape index (κ1) is 20.4. The maximum Gasteiger partial charge on any atom is 0.187 e. The lowest BCUT2D eigenvalue weighted by Crippen LogP contribution is -2.22. The van der Waals surface area contributed by atoms with Crippen molar-refractivity contribution in [1.29, 1.82) is 0 Å². The Balaban J connectivity index is 1.84. The third-order valence-electron chi connectivity index (χ3n) is 4.91. The number of hydrogen-bond acceptors (Lipinski definition) is 3. The minimum Gasteiger partial charge on any atom is -0.497 e. The van der Waals surface area contributed by atoms with E-state index in [4.69, 9.17) is 4.74 Å². The van der Waals surface area contributed by atoms with E-state index in [2.05, 4.69) is 21.0 Å². The molecule has 0 bridgehead atoms. The highest BCUT2D eigenvalue weighted by atomic mass is 79.9. The summed E-state index contributed by atoms with van der Waals surface area (Å²) >= 11 is 3.36. The predicted octanol–water partition coefficient (Wildman–Crippen LogP) is 6.37. The molecule has 1 atom stereocenters. The van der Waals surface area contributed by atoms with Crippen molar-refractivity contribution in [3.8, 4) is 5.75 Å². The van der Waals surface area contributed by atoms with Crippen LogP contribution in [0.4, 0.5) is 23.2 Å². The fraction of sp³-hybridized carbons (Fsp3) is 0.136. The van der Waals surface area contributed by atoms with E-state index >= 15 is 0 Å². The maximum atomic E-state index is 14.6. The fourth-order valence-electron chi connectivity index (χ4n) is 3.38. The standard InChI is InChI=1S/C22H15BrF4N2O/c1-30-15-8-4-13(5-9-15)19-11-18(12-2-6-14(23)7-3-12)28-29(19)22-20(26)16(24)10-17(25)21(22)27/h2-10,19H,11H2,1H3/t19-/m0/s1. The van der Waals surface area contributed by atoms with Gasteiger partial charge in [-0.2, -0.15) is 5.10 Å². The molecule has 0 saturated carbocycles. The van der Waals surface area contributed by atoms with E-state index in [9.17, 15) is 17.6 Å². The molecule has 0 aromatic heterocycles. The molecule has 0 spiro atoms. The Morgan fingerprint density at radius 2 is 1.53 bits per heavy atom. The highest BCUT2D eigenvalue weighted by Gasteiger charge is 2.35. The van der Waals surface area contributed by atoms with Gasteiger partial charge in [0.05, 0.1) is 18.9 Å². The van der Waals surface area contributed by atoms with Crippen molar-refractivity contribution in [1.82, 2.24) is 0 Å². The summed E-state index contributed by atoms with van der Waals surface area (Å²) in [5.74, 6) is -5.35. The molecule has 3 aromatic carbocycles. The van der Waals surface area contributed by atoms with Crippen LogP contribution in [-0.2, 0) is 0 Å². The van der Waals surface area contributed by atoms with Crippen LogP contribution < -0.4 is 9.75 Å². The van der Waals surface area contributed by atoms with Crippen molar-refractivity contribution < 1.29 is 22.3 Å². The molecule has 4 rings (SSSR count). The SMILES string of the molecule is COc1ccc([C@@H]2CC(c3ccc(Br)cc3)=NN2c2c(F)c(F)cc(F)c2F)cc1. The Morgan fingerprint density at radius 3 is 2.10 bits per heavy atom. The third-order valence-corrected chi connectivity index (χ3v) is 5.43. The molecule has 0 aliphatic carbocycles. The first-order valence-corrected chi connectivity index (χ1v) is 9.78. The van der Waals surface area contributed by atoms with Gasteiger partial charge >= 0.3 is 0 Å². The van der Waals surface area contributed by atoms with Crippen LogP contribution in [0.25, 0.3) is 0 Å². The monoisotopic (exact) mass is 478 g/mol. The summed E-state index contributed by atoms with van der Waals surface area (Å²) in [6.45, 7) is 0. The molecule has 154 valence electrons. The van der Waals surface area contributed by atoms with Crippen molar-refractivity contribution in [2.45, 2.75) is 12.5 Å². The normalized spacial score (nSPS) is 16.0. The van der Waals surface area contributed by atoms with Crippen LogP contribution in [0.15, 0.2) is 64.2 Å². The van der Waals surface area contributed by atoms with E-state index in [1.807, 2.05) is 12.1 Å². The van der Waals surface area contributed by atoms with Crippen LogP contribution in [0.5, 0.6) is 5.75 Å². The number of halogens is 5. The quantitative estimate of drug-likeness (QED) is 0.321. The number of nitrogens with zero attached hydrogens (tertiary/aromatic N) is 2. The fourth-order valence-corrected chi connectivity index (χ4v) is 3.65. The Kier molecular flexibility index (Phi) is 5.51. The smallest absolute Gasteiger partial charge is 0.187 e. The zero-order valence-corrected chi connectivity index (χ0v) is 17.3. The summed E-state index contributed by atoms with van der Waals surface area (Å²) in [6.07, 6.45) is 0.283. The van der Waals surface area contributed by atoms with Crippen LogP contribution >= 0.6 is 15.9 Å². The van der Waals surface area contributed by atoms with Crippen LogP contribution in [0.2, 0.25) is 0 Å². The molecule has 3 nitrogen and oxygen atoms in total. The van der Waals surface area contributed by atoms with Crippen LogP contribution in [0, 0.1) is 23.3 Å². The lowest BCUT2D eigenvalue weighted by molar-refractivity contribution is 0.414. The van der Waals surface area contributed by atoms with Crippen molar-refractivity contribution in [3.05, 3.63) is 93.5 Å². The highest BCUT2D eigenvalue weighted by molar-refractivity contribution is 9.10. The zero-order valence-electron chi connectivity index (χ0n) is 15.7. The van der Waals surface area contributed by atoms with Gasteiger partial charge in [-0.15, -0.1) is 0 Å². The minimum atomic E-state index is -1.49. The maximum absolute atomic E-state index is 14.6. The Bertz CT molecular complexity index is 1090. The first-order valence-electron chi connectivity index (χ1n) is 8.98. The van der Waals surface area contributed by atoms with Crippen molar-refractivity contribution in [2.75, 3.05) is 12.1 Å². The number of hydrazone groups is 1. The van der Waals surface area contributed by atoms with Crippen molar-refractivity contribution in [2.24, 2.45) is 5.10 Å². The Hall–Kier alpha value is -2.87. The van der Waals surface area contributed by atoms with Crippen LogP contribution in [0.3, 0.4) is 0 Å². The molecule has 1 aliphatic heterocycles. The van der Waals surface area contributed by atoms with Crippen LogP contribution in [0.1, 0.15) is 23.6 Å². The summed E-state index contributed by atoms with van der Waals surface area (Å²) in [6, 6.07) is 13.6. The largest absolute Gasteiger partial charge is 0.497 e. The lowest BCUT2D eigenvalue weighted by atomic mass is 9.98. The van der Waals surface area contributed by atoms with Gasteiger partial charge in [0.1, 0.15) is 11.4 Å². The molecular formula is C22H15BrF4N2O. The molecule has 1 heterocycles. The molecule has 0 fully saturated rings. The summed E-state index contributed by atoms with van der Waals surface area (Å²) in [7, 11) is 1.52. The van der Waals surface area contributed by atoms with Gasteiger partial charge in [-0.3, -0.25) is 5.01 Å². The lowest BCUT2D eigenvalue weighted by Gasteiger charge is -2.25. The van der Waals surface area contributed by atoms with E-state index in [1.165, 1.54) is 7.11 Å². The zero-order chi connectivity index (χ0) is 21.4. The molecule has 3 aromatic rings. The van der Waals surface area contributed by atoms with E-state index in [1.54, 1.807) is 36.4 Å². The molecule has 0 saturated heterocycles. The molecule has 30 heavy (non-hydrogen) atoms.